The van der Waals surface area contributed by atoms with Gasteiger partial charge in [-0.25, -0.2) is 9.97 Å². The molecule has 2 heterocycles. The van der Waals surface area contributed by atoms with Crippen molar-refractivity contribution in [1.82, 2.24) is 9.97 Å². The van der Waals surface area contributed by atoms with Crippen molar-refractivity contribution in [2.75, 3.05) is 0 Å². The van der Waals surface area contributed by atoms with Crippen LogP contribution in [0.25, 0.3) is 0 Å². The summed E-state index contributed by atoms with van der Waals surface area (Å²) >= 11 is 0. The second-order valence-electron chi connectivity index (χ2n) is 6.24. The lowest BCUT2D eigenvalue weighted by atomic mass is 9.95. The molecule has 136 valence electrons. The second kappa shape index (κ2) is 7.81. The van der Waals surface area contributed by atoms with Crippen molar-refractivity contribution in [3.8, 4) is 11.8 Å². The van der Waals surface area contributed by atoms with Crippen LogP contribution in [0.2, 0.25) is 0 Å². The number of nitrogens with zero attached hydrogens (tertiary/aromatic N) is 2. The third-order valence-corrected chi connectivity index (χ3v) is 4.25. The highest BCUT2D eigenvalue weighted by Gasteiger charge is 2.25. The van der Waals surface area contributed by atoms with E-state index in [4.69, 9.17) is 31.8 Å². The van der Waals surface area contributed by atoms with Crippen LogP contribution in [0.15, 0.2) is 36.7 Å². The van der Waals surface area contributed by atoms with E-state index < -0.39 is 0 Å². The van der Waals surface area contributed by atoms with E-state index >= 15 is 0 Å². The zero-order valence-electron chi connectivity index (χ0n) is 14.3. The molecular weight excluding hydrogens is 332 g/mol. The highest BCUT2D eigenvalue weighted by molar-refractivity contribution is 5.95. The number of hydrogen-bond donors (Lipinski definition) is 4. The Hall–Kier alpha value is -3.16. The van der Waals surface area contributed by atoms with Crippen LogP contribution in [0.4, 0.5) is 0 Å². The van der Waals surface area contributed by atoms with Crippen molar-refractivity contribution in [2.45, 2.75) is 37.9 Å². The van der Waals surface area contributed by atoms with E-state index in [1.165, 1.54) is 12.4 Å². The molecule has 2 unspecified atom stereocenters. The molecule has 0 radical (unpaired) electrons. The van der Waals surface area contributed by atoms with E-state index in [0.717, 1.165) is 25.7 Å². The van der Waals surface area contributed by atoms with Gasteiger partial charge in [-0.2, -0.15) is 0 Å². The van der Waals surface area contributed by atoms with Crippen LogP contribution in [0.3, 0.4) is 0 Å². The van der Waals surface area contributed by atoms with Crippen molar-refractivity contribution in [2.24, 2.45) is 11.5 Å². The van der Waals surface area contributed by atoms with E-state index in [0.29, 0.717) is 22.9 Å². The number of amidine groups is 2. The summed E-state index contributed by atoms with van der Waals surface area (Å²) < 4.78 is 11.9. The van der Waals surface area contributed by atoms with Crippen LogP contribution in [0, 0.1) is 10.8 Å². The molecular formula is C18H22N6O2. The predicted molar refractivity (Wildman–Crippen MR) is 97.8 cm³/mol. The molecule has 26 heavy (non-hydrogen) atoms. The van der Waals surface area contributed by atoms with Crippen LogP contribution in [-0.4, -0.2) is 33.8 Å². The molecule has 2 aromatic heterocycles. The fourth-order valence-corrected chi connectivity index (χ4v) is 2.88. The summed E-state index contributed by atoms with van der Waals surface area (Å²) in [4.78, 5) is 8.40. The average Bonchev–Trinajstić information content (AvgIpc) is 2.63. The first-order valence-corrected chi connectivity index (χ1v) is 8.45. The number of hydrogen-bond acceptors (Lipinski definition) is 6. The van der Waals surface area contributed by atoms with Crippen LogP contribution in [-0.2, 0) is 0 Å². The van der Waals surface area contributed by atoms with Gasteiger partial charge < -0.3 is 20.9 Å². The number of ether oxygens (including phenoxy) is 2. The van der Waals surface area contributed by atoms with Crippen LogP contribution >= 0.6 is 0 Å². The molecule has 1 saturated carbocycles. The van der Waals surface area contributed by atoms with Gasteiger partial charge >= 0.3 is 0 Å². The zero-order chi connectivity index (χ0) is 18.5. The molecule has 2 atom stereocenters. The maximum Gasteiger partial charge on any atom is 0.213 e. The molecule has 1 aliphatic rings. The number of nitrogens with two attached hydrogens (primary N) is 2. The molecule has 0 aliphatic heterocycles. The molecule has 6 N–H and O–H groups in total. The van der Waals surface area contributed by atoms with Gasteiger partial charge in [-0.1, -0.05) is 0 Å². The molecule has 1 fully saturated rings. The largest absolute Gasteiger partial charge is 0.474 e. The fourth-order valence-electron chi connectivity index (χ4n) is 2.88. The van der Waals surface area contributed by atoms with Gasteiger partial charge in [-0.05, 0) is 31.4 Å². The predicted octanol–water partition coefficient (Wildman–Crippen LogP) is 1.81. The Bertz CT molecular complexity index is 710. The second-order valence-corrected chi connectivity index (χ2v) is 6.24. The first-order valence-electron chi connectivity index (χ1n) is 8.45. The standard InChI is InChI=1S/C18H22N6O2/c19-17(20)11-4-6-15(23-9-11)25-13-2-1-3-14(8-13)26-16-7-5-12(10-24-16)18(21)22/h4-7,9-10,13-14H,1-3,8H2,(H3,19,20)(H3,21,22). The molecule has 0 bridgehead atoms. The lowest BCUT2D eigenvalue weighted by molar-refractivity contribution is 0.0629. The lowest BCUT2D eigenvalue weighted by Gasteiger charge is -2.29. The normalized spacial score (nSPS) is 19.5. The fraction of sp³-hybridized carbons (Fsp3) is 0.333. The molecule has 0 aromatic carbocycles. The summed E-state index contributed by atoms with van der Waals surface area (Å²) in [5.41, 5.74) is 12.0. The zero-order valence-corrected chi connectivity index (χ0v) is 14.3. The van der Waals surface area contributed by atoms with Gasteiger partial charge in [0.2, 0.25) is 11.8 Å². The van der Waals surface area contributed by atoms with Gasteiger partial charge in [0.15, 0.2) is 0 Å². The first kappa shape index (κ1) is 17.7. The molecule has 0 saturated heterocycles. The summed E-state index contributed by atoms with van der Waals surface area (Å²) in [5.74, 6) is 1.01. The van der Waals surface area contributed by atoms with Crippen molar-refractivity contribution < 1.29 is 9.47 Å². The summed E-state index contributed by atoms with van der Waals surface area (Å²) in [6, 6.07) is 6.90. The van der Waals surface area contributed by atoms with Crippen molar-refractivity contribution >= 4 is 11.7 Å². The number of pyridine rings is 2. The first-order chi connectivity index (χ1) is 12.5. The molecule has 1 aliphatic carbocycles. The monoisotopic (exact) mass is 354 g/mol. The number of aromatic nitrogens is 2. The molecule has 0 amide bonds. The van der Waals surface area contributed by atoms with Crippen LogP contribution in [0.5, 0.6) is 11.8 Å². The van der Waals surface area contributed by atoms with Gasteiger partial charge in [0.1, 0.15) is 23.9 Å². The molecule has 8 heteroatoms. The Morgan fingerprint density at radius 3 is 1.65 bits per heavy atom. The van der Waals surface area contributed by atoms with Gasteiger partial charge in [-0.15, -0.1) is 0 Å². The third-order valence-electron chi connectivity index (χ3n) is 4.25. The van der Waals surface area contributed by atoms with Crippen molar-refractivity contribution in [3.05, 3.63) is 47.8 Å². The highest BCUT2D eigenvalue weighted by atomic mass is 16.5. The van der Waals surface area contributed by atoms with Crippen molar-refractivity contribution in [3.63, 3.8) is 0 Å². The Labute approximate surface area is 151 Å². The van der Waals surface area contributed by atoms with Gasteiger partial charge in [0, 0.05) is 42.1 Å². The molecule has 2 aromatic rings. The van der Waals surface area contributed by atoms with Crippen LogP contribution < -0.4 is 20.9 Å². The summed E-state index contributed by atoms with van der Waals surface area (Å²) in [6.45, 7) is 0. The minimum atomic E-state index is -0.0153. The maximum absolute atomic E-state index is 7.38. The number of nitrogens with one attached hydrogen (secondary N) is 2. The molecule has 3 rings (SSSR count). The lowest BCUT2D eigenvalue weighted by Crippen LogP contribution is -2.32. The Morgan fingerprint density at radius 2 is 1.31 bits per heavy atom. The minimum Gasteiger partial charge on any atom is -0.474 e. The van der Waals surface area contributed by atoms with Gasteiger partial charge in [0.25, 0.3) is 0 Å². The Morgan fingerprint density at radius 1 is 0.846 bits per heavy atom. The quantitative estimate of drug-likeness (QED) is 0.460. The maximum atomic E-state index is 7.38. The topological polar surface area (TPSA) is 144 Å². The molecule has 0 spiro atoms. The summed E-state index contributed by atoms with van der Waals surface area (Å²) in [6.07, 6.45) is 6.71. The summed E-state index contributed by atoms with van der Waals surface area (Å²) in [7, 11) is 0. The minimum absolute atomic E-state index is 0.0147. The Balaban J connectivity index is 1.56. The smallest absolute Gasteiger partial charge is 0.213 e. The van der Waals surface area contributed by atoms with Gasteiger partial charge in [0.05, 0.1) is 0 Å². The SMILES string of the molecule is N=C(N)c1ccc(OC2CCCC(Oc3ccc(C(=N)N)cn3)C2)nc1. The number of rotatable bonds is 6. The van der Waals surface area contributed by atoms with Crippen molar-refractivity contribution in [1.29, 1.82) is 10.8 Å². The van der Waals surface area contributed by atoms with E-state index in [1.807, 2.05) is 0 Å². The van der Waals surface area contributed by atoms with E-state index in [9.17, 15) is 0 Å². The summed E-state index contributed by atoms with van der Waals surface area (Å²) in [5, 5.41) is 14.8. The number of nitrogen functional groups attached to an aromatic ring is 2. The van der Waals surface area contributed by atoms with E-state index in [2.05, 4.69) is 9.97 Å². The van der Waals surface area contributed by atoms with Gasteiger partial charge in [-0.3, -0.25) is 10.8 Å². The average molecular weight is 354 g/mol. The third kappa shape index (κ3) is 4.47. The molecule has 8 nitrogen and oxygen atoms in total. The van der Waals surface area contributed by atoms with Crippen LogP contribution in [0.1, 0.15) is 36.8 Å². The Kier molecular flexibility index (Phi) is 5.31. The van der Waals surface area contributed by atoms with E-state index in [1.54, 1.807) is 24.3 Å². The van der Waals surface area contributed by atoms with E-state index in [-0.39, 0.29) is 23.9 Å². The highest BCUT2D eigenvalue weighted by Crippen LogP contribution is 2.26.